The number of nitrogens with zero attached hydrogens (tertiary/aromatic N) is 1. The molecule has 0 aliphatic rings. The smallest absolute Gasteiger partial charge is 0.177 e. The summed E-state index contributed by atoms with van der Waals surface area (Å²) in [5.74, 6) is 0. The molecule has 0 amide bonds. The van der Waals surface area contributed by atoms with Crippen LogP contribution >= 0.6 is 11.3 Å². The topological polar surface area (TPSA) is 4.93 Å². The van der Waals surface area contributed by atoms with Gasteiger partial charge in [0.1, 0.15) is 0 Å². The van der Waals surface area contributed by atoms with Crippen LogP contribution in [0.1, 0.15) is 20.3 Å². The Labute approximate surface area is 275 Å². The van der Waals surface area contributed by atoms with Crippen LogP contribution in [-0.2, 0) is 0 Å². The molecule has 0 spiro atoms. The Kier molecular flexibility index (Phi) is 7.29. The van der Waals surface area contributed by atoms with Gasteiger partial charge in [-0.05, 0) is 75.0 Å². The van der Waals surface area contributed by atoms with Crippen LogP contribution in [0.25, 0.3) is 48.9 Å². The van der Waals surface area contributed by atoms with Gasteiger partial charge < -0.3 is 4.57 Å². The highest BCUT2D eigenvalue weighted by Gasteiger charge is 2.43. The van der Waals surface area contributed by atoms with E-state index in [1.165, 1.54) is 62.9 Å². The Balaban J connectivity index is 1.54. The van der Waals surface area contributed by atoms with Crippen molar-refractivity contribution in [3.63, 3.8) is 0 Å². The summed E-state index contributed by atoms with van der Waals surface area (Å²) >= 11 is 1.96. The minimum atomic E-state index is -2.79. The Morgan fingerprint density at radius 2 is 1.11 bits per heavy atom. The lowest BCUT2D eigenvalue weighted by Crippen LogP contribution is -2.69. The number of para-hydroxylation sites is 2. The first-order valence-electron chi connectivity index (χ1n) is 16.1. The van der Waals surface area contributed by atoms with Gasteiger partial charge in [0.2, 0.25) is 0 Å². The third-order valence-electron chi connectivity index (χ3n) is 9.53. The van der Waals surface area contributed by atoms with Crippen LogP contribution in [0.3, 0.4) is 0 Å². The van der Waals surface area contributed by atoms with E-state index in [-0.39, 0.29) is 0 Å². The number of aromatic nitrogens is 1. The molecule has 1 nitrogen and oxygen atoms in total. The molecule has 2 aromatic heterocycles. The van der Waals surface area contributed by atoms with Crippen molar-refractivity contribution >= 4 is 78.1 Å². The lowest BCUT2D eigenvalue weighted by Gasteiger charge is -2.36. The van der Waals surface area contributed by atoms with Gasteiger partial charge in [0, 0.05) is 25.7 Å². The lowest BCUT2D eigenvalue weighted by atomic mass is 10.2. The van der Waals surface area contributed by atoms with Gasteiger partial charge in [0.25, 0.3) is 0 Å². The van der Waals surface area contributed by atoms with E-state index in [2.05, 4.69) is 182 Å². The van der Waals surface area contributed by atoms with Crippen LogP contribution in [0.2, 0.25) is 0 Å². The molecule has 2 heterocycles. The first kappa shape index (κ1) is 28.5. The van der Waals surface area contributed by atoms with Gasteiger partial charge >= 0.3 is 0 Å². The fraction of sp³-hybridized carbons (Fsp3) is 0.0698. The fourth-order valence-corrected chi connectivity index (χ4v) is 14.7. The third kappa shape index (κ3) is 4.34. The number of thiophene rings is 1. The summed E-state index contributed by atoms with van der Waals surface area (Å²) < 4.78 is 5.23. The van der Waals surface area contributed by atoms with Crippen molar-refractivity contribution in [1.82, 2.24) is 4.57 Å². The van der Waals surface area contributed by atoms with Crippen LogP contribution in [0.15, 0.2) is 158 Å². The molecule has 0 saturated heterocycles. The zero-order chi connectivity index (χ0) is 31.1. The summed E-state index contributed by atoms with van der Waals surface area (Å²) in [4.78, 5) is 0. The van der Waals surface area contributed by atoms with Gasteiger partial charge in [-0.25, -0.2) is 0 Å². The van der Waals surface area contributed by atoms with Crippen LogP contribution in [0.5, 0.6) is 0 Å². The summed E-state index contributed by atoms with van der Waals surface area (Å²) in [6, 6.07) is 58.7. The second-order valence-corrected chi connectivity index (χ2v) is 16.8. The SMILES string of the molecule is C/C=c1\c(=C(/CC)[Si](c2ccccc2)(c2ccccc2)c2cccc(-n3c4ccccc4c4ccccc43)c2)sc2ccccc12. The van der Waals surface area contributed by atoms with Crippen LogP contribution in [0, 0.1) is 0 Å². The van der Waals surface area contributed by atoms with E-state index in [1.54, 1.807) is 5.20 Å². The highest BCUT2D eigenvalue weighted by molar-refractivity contribution is 7.24. The molecule has 0 radical (unpaired) electrons. The van der Waals surface area contributed by atoms with Crippen LogP contribution in [-0.4, -0.2) is 12.6 Å². The van der Waals surface area contributed by atoms with Crippen molar-refractivity contribution in [1.29, 1.82) is 0 Å². The van der Waals surface area contributed by atoms with Crippen molar-refractivity contribution in [3.05, 3.63) is 167 Å². The van der Waals surface area contributed by atoms with E-state index in [0.717, 1.165) is 6.42 Å². The summed E-state index contributed by atoms with van der Waals surface area (Å²) in [7, 11) is -2.79. The molecule has 0 bridgehead atoms. The third-order valence-corrected chi connectivity index (χ3v) is 16.0. The van der Waals surface area contributed by atoms with Crippen molar-refractivity contribution in [2.45, 2.75) is 20.3 Å². The molecule has 0 unspecified atom stereocenters. The summed E-state index contributed by atoms with van der Waals surface area (Å²) in [6.45, 7) is 4.56. The molecule has 222 valence electrons. The number of benzene rings is 6. The van der Waals surface area contributed by atoms with Gasteiger partial charge in [-0.2, -0.15) is 0 Å². The molecule has 0 aliphatic heterocycles. The molecule has 0 saturated carbocycles. The normalized spacial score (nSPS) is 13.1. The fourth-order valence-electron chi connectivity index (χ4n) is 7.65. The Morgan fingerprint density at radius 1 is 0.587 bits per heavy atom. The molecule has 0 fully saturated rings. The maximum absolute atomic E-state index is 2.79. The Bertz CT molecular complexity index is 2380. The zero-order valence-corrected chi connectivity index (χ0v) is 28.0. The molecule has 46 heavy (non-hydrogen) atoms. The molecule has 8 aromatic rings. The number of hydrogen-bond donors (Lipinski definition) is 0. The van der Waals surface area contributed by atoms with E-state index >= 15 is 0 Å². The molecule has 0 N–H and O–H groups in total. The minimum Gasteiger partial charge on any atom is -0.309 e. The van der Waals surface area contributed by atoms with Crippen LogP contribution < -0.4 is 25.3 Å². The average molecular weight is 626 g/mol. The molecule has 3 heteroatoms. The van der Waals surface area contributed by atoms with Gasteiger partial charge in [0.15, 0.2) is 8.07 Å². The number of fused-ring (bicyclic) bond motifs is 4. The van der Waals surface area contributed by atoms with Crippen molar-refractivity contribution in [2.75, 3.05) is 0 Å². The maximum Gasteiger partial charge on any atom is 0.177 e. The first-order valence-corrected chi connectivity index (χ1v) is 18.9. The highest BCUT2D eigenvalue weighted by atomic mass is 32.1. The van der Waals surface area contributed by atoms with Gasteiger partial charge in [-0.1, -0.05) is 140 Å². The zero-order valence-electron chi connectivity index (χ0n) is 26.2. The second-order valence-electron chi connectivity index (χ2n) is 11.9. The Hall–Kier alpha value is -4.96. The van der Waals surface area contributed by atoms with Crippen molar-refractivity contribution in [2.24, 2.45) is 0 Å². The summed E-state index contributed by atoms with van der Waals surface area (Å²) in [5.41, 5.74) is 3.67. The van der Waals surface area contributed by atoms with Crippen LogP contribution in [0.4, 0.5) is 0 Å². The monoisotopic (exact) mass is 625 g/mol. The minimum absolute atomic E-state index is 0.962. The Morgan fingerprint density at radius 3 is 1.70 bits per heavy atom. The average Bonchev–Trinajstić information content (AvgIpc) is 3.67. The molecule has 6 aromatic carbocycles. The van der Waals surface area contributed by atoms with Gasteiger partial charge in [-0.3, -0.25) is 0 Å². The standard InChI is InChI=1S/C43H35NSSi/c1-3-35-38-26-13-16-29-41(38)45-43(35)42(4-2)46(32-19-7-5-8-20-32,33-21-9-6-10-22-33)34-23-17-18-31(30-34)44-39-27-14-11-24-36(39)37-25-12-15-28-40(37)44/h3,5-30H,4H2,1-2H3/b35-3-,43-42-. The predicted molar refractivity (Wildman–Crippen MR) is 203 cm³/mol. The van der Waals surface area contributed by atoms with Gasteiger partial charge in [0.05, 0.1) is 11.0 Å². The largest absolute Gasteiger partial charge is 0.309 e. The lowest BCUT2D eigenvalue weighted by molar-refractivity contribution is 1.18. The molecular weight excluding hydrogens is 591 g/mol. The van der Waals surface area contributed by atoms with Crippen molar-refractivity contribution < 1.29 is 0 Å². The molecule has 8 rings (SSSR count). The van der Waals surface area contributed by atoms with E-state index < -0.39 is 8.07 Å². The summed E-state index contributed by atoms with van der Waals surface area (Å²) in [6.07, 6.45) is 3.29. The first-order chi connectivity index (χ1) is 22.8. The van der Waals surface area contributed by atoms with E-state index in [1.807, 2.05) is 11.3 Å². The summed E-state index contributed by atoms with van der Waals surface area (Å²) in [5, 5.41) is 11.1. The quantitative estimate of drug-likeness (QED) is 0.130. The molecule has 0 atom stereocenters. The van der Waals surface area contributed by atoms with E-state index in [4.69, 9.17) is 0 Å². The molecule has 0 aliphatic carbocycles. The number of hydrogen-bond acceptors (Lipinski definition) is 1. The predicted octanol–water partition coefficient (Wildman–Crippen LogP) is 8.07. The van der Waals surface area contributed by atoms with Gasteiger partial charge in [-0.15, -0.1) is 11.3 Å². The van der Waals surface area contributed by atoms with E-state index in [0.29, 0.717) is 0 Å². The molecular formula is C43H35NSSi. The van der Waals surface area contributed by atoms with Crippen molar-refractivity contribution in [3.8, 4) is 5.69 Å². The number of rotatable bonds is 6. The van der Waals surface area contributed by atoms with E-state index in [9.17, 15) is 0 Å². The second kappa shape index (κ2) is 11.8. The highest BCUT2D eigenvalue weighted by Crippen LogP contribution is 2.32. The maximum atomic E-state index is 2.50.